The van der Waals surface area contributed by atoms with Gasteiger partial charge in [-0.05, 0) is 41.9 Å². The van der Waals surface area contributed by atoms with Gasteiger partial charge in [-0.3, -0.25) is 4.79 Å². The molecule has 2 aromatic rings. The molecule has 3 N–H and O–H groups in total. The van der Waals surface area contributed by atoms with E-state index in [1.807, 2.05) is 0 Å². The van der Waals surface area contributed by atoms with Crippen LogP contribution in [0.1, 0.15) is 10.6 Å². The van der Waals surface area contributed by atoms with E-state index in [9.17, 15) is 9.18 Å². The molecule has 1 heterocycles. The van der Waals surface area contributed by atoms with Crippen molar-refractivity contribution in [3.05, 3.63) is 47.1 Å². The number of amides is 1. The minimum atomic E-state index is -0.530. The molecule has 0 saturated heterocycles. The van der Waals surface area contributed by atoms with Crippen LogP contribution in [0.5, 0.6) is 0 Å². The van der Waals surface area contributed by atoms with Crippen LogP contribution in [-0.2, 0) is 0 Å². The Labute approximate surface area is 101 Å². The first-order valence-electron chi connectivity index (χ1n) is 4.67. The van der Waals surface area contributed by atoms with Gasteiger partial charge in [-0.15, -0.1) is 0 Å². The highest BCUT2D eigenvalue weighted by Crippen LogP contribution is 2.18. The smallest absolute Gasteiger partial charge is 0.291 e. The standard InChI is InChI=1S/C11H8ClFN2O2/c12-10-2-1-9(17-10)11(16)15-8-4-6(13)3-7(14)5-8/h1-5H,14H2,(H,15,16). The lowest BCUT2D eigenvalue weighted by molar-refractivity contribution is 0.0997. The summed E-state index contributed by atoms with van der Waals surface area (Å²) in [6.45, 7) is 0. The fraction of sp³-hybridized carbons (Fsp3) is 0. The van der Waals surface area contributed by atoms with Gasteiger partial charge in [-0.1, -0.05) is 0 Å². The van der Waals surface area contributed by atoms with E-state index < -0.39 is 11.7 Å². The molecule has 0 unspecified atom stereocenters. The third kappa shape index (κ3) is 2.76. The molecule has 0 fully saturated rings. The van der Waals surface area contributed by atoms with Crippen LogP contribution in [-0.4, -0.2) is 5.91 Å². The van der Waals surface area contributed by atoms with E-state index in [0.29, 0.717) is 0 Å². The Kier molecular flexibility index (Phi) is 3.01. The van der Waals surface area contributed by atoms with Gasteiger partial charge in [0.2, 0.25) is 0 Å². The van der Waals surface area contributed by atoms with Gasteiger partial charge in [0.15, 0.2) is 11.0 Å². The fourth-order valence-electron chi connectivity index (χ4n) is 1.31. The van der Waals surface area contributed by atoms with Gasteiger partial charge < -0.3 is 15.5 Å². The van der Waals surface area contributed by atoms with Crippen LogP contribution in [0.3, 0.4) is 0 Å². The molecular weight excluding hydrogens is 247 g/mol. The van der Waals surface area contributed by atoms with Crippen LogP contribution in [0.2, 0.25) is 5.22 Å². The lowest BCUT2D eigenvalue weighted by Gasteiger charge is -2.04. The van der Waals surface area contributed by atoms with Crippen molar-refractivity contribution in [3.8, 4) is 0 Å². The molecule has 0 aliphatic carbocycles. The number of nitrogens with one attached hydrogen (secondary N) is 1. The van der Waals surface area contributed by atoms with E-state index in [1.54, 1.807) is 0 Å². The van der Waals surface area contributed by atoms with Crippen molar-refractivity contribution in [3.63, 3.8) is 0 Å². The monoisotopic (exact) mass is 254 g/mol. The average Bonchev–Trinajstić information content (AvgIpc) is 2.63. The SMILES string of the molecule is Nc1cc(F)cc(NC(=O)c2ccc(Cl)o2)c1. The zero-order chi connectivity index (χ0) is 12.4. The second-order valence-electron chi connectivity index (χ2n) is 3.33. The predicted molar refractivity (Wildman–Crippen MR) is 62.5 cm³/mol. The summed E-state index contributed by atoms with van der Waals surface area (Å²) in [5.41, 5.74) is 5.91. The summed E-state index contributed by atoms with van der Waals surface area (Å²) in [4.78, 5) is 11.6. The third-order valence-corrected chi connectivity index (χ3v) is 2.18. The normalized spacial score (nSPS) is 10.2. The lowest BCUT2D eigenvalue weighted by Crippen LogP contribution is -2.11. The van der Waals surface area contributed by atoms with Crippen molar-refractivity contribution in [1.29, 1.82) is 0 Å². The maximum atomic E-state index is 13.0. The van der Waals surface area contributed by atoms with Gasteiger partial charge >= 0.3 is 0 Å². The molecule has 4 nitrogen and oxygen atoms in total. The van der Waals surface area contributed by atoms with Gasteiger partial charge in [-0.25, -0.2) is 4.39 Å². The summed E-state index contributed by atoms with van der Waals surface area (Å²) >= 11 is 5.53. The number of halogens is 2. The molecule has 1 amide bonds. The molecule has 0 spiro atoms. The Hall–Kier alpha value is -2.01. The highest BCUT2D eigenvalue weighted by atomic mass is 35.5. The number of anilines is 2. The number of carbonyl (C=O) groups excluding carboxylic acids is 1. The molecule has 0 saturated carbocycles. The van der Waals surface area contributed by atoms with Crippen LogP contribution in [0.4, 0.5) is 15.8 Å². The fourth-order valence-corrected chi connectivity index (χ4v) is 1.46. The molecule has 1 aromatic heterocycles. The predicted octanol–water partition coefficient (Wildman–Crippen LogP) is 2.91. The molecule has 6 heteroatoms. The molecule has 0 bridgehead atoms. The summed E-state index contributed by atoms with van der Waals surface area (Å²) in [7, 11) is 0. The average molecular weight is 255 g/mol. The van der Waals surface area contributed by atoms with E-state index in [-0.39, 0.29) is 22.4 Å². The summed E-state index contributed by atoms with van der Waals surface area (Å²) < 4.78 is 17.9. The number of carbonyl (C=O) groups is 1. The van der Waals surface area contributed by atoms with Gasteiger partial charge in [0.25, 0.3) is 5.91 Å². The second kappa shape index (κ2) is 4.47. The number of hydrogen-bond acceptors (Lipinski definition) is 3. The first-order chi connectivity index (χ1) is 8.04. The van der Waals surface area contributed by atoms with Gasteiger partial charge in [0.05, 0.1) is 0 Å². The molecule has 1 aromatic carbocycles. The van der Waals surface area contributed by atoms with Crippen molar-refractivity contribution in [1.82, 2.24) is 0 Å². The quantitative estimate of drug-likeness (QED) is 0.810. The highest BCUT2D eigenvalue weighted by molar-refractivity contribution is 6.29. The molecule has 0 radical (unpaired) electrons. The van der Waals surface area contributed by atoms with Crippen molar-refractivity contribution in [2.45, 2.75) is 0 Å². The van der Waals surface area contributed by atoms with Crippen LogP contribution in [0.25, 0.3) is 0 Å². The van der Waals surface area contributed by atoms with E-state index in [4.69, 9.17) is 21.8 Å². The zero-order valence-electron chi connectivity index (χ0n) is 8.54. The third-order valence-electron chi connectivity index (χ3n) is 1.97. The van der Waals surface area contributed by atoms with Crippen molar-refractivity contribution >= 4 is 28.9 Å². The highest BCUT2D eigenvalue weighted by Gasteiger charge is 2.11. The Morgan fingerprint density at radius 3 is 2.71 bits per heavy atom. The molecule has 0 atom stereocenters. The number of hydrogen-bond donors (Lipinski definition) is 2. The van der Waals surface area contributed by atoms with E-state index in [0.717, 1.165) is 12.1 Å². The van der Waals surface area contributed by atoms with Crippen molar-refractivity contribution in [2.75, 3.05) is 11.1 Å². The van der Waals surface area contributed by atoms with E-state index >= 15 is 0 Å². The summed E-state index contributed by atoms with van der Waals surface area (Å²) in [5.74, 6) is -1.02. The largest absolute Gasteiger partial charge is 0.440 e. The van der Waals surface area contributed by atoms with Gasteiger partial charge in [0, 0.05) is 11.4 Å². The number of furan rings is 1. The van der Waals surface area contributed by atoms with Crippen LogP contribution >= 0.6 is 11.6 Å². The Morgan fingerprint density at radius 1 is 1.35 bits per heavy atom. The van der Waals surface area contributed by atoms with E-state index in [2.05, 4.69) is 5.32 Å². The van der Waals surface area contributed by atoms with Crippen LogP contribution in [0.15, 0.2) is 34.7 Å². The molecular formula is C11H8ClFN2O2. The summed E-state index contributed by atoms with van der Waals surface area (Å²) in [6, 6.07) is 6.60. The number of benzene rings is 1. The maximum absolute atomic E-state index is 13.0. The minimum absolute atomic E-state index is 0.0397. The first-order valence-corrected chi connectivity index (χ1v) is 5.05. The van der Waals surface area contributed by atoms with Crippen LogP contribution in [0, 0.1) is 5.82 Å². The topological polar surface area (TPSA) is 68.3 Å². The van der Waals surface area contributed by atoms with Gasteiger partial charge in [-0.2, -0.15) is 0 Å². The number of rotatable bonds is 2. The second-order valence-corrected chi connectivity index (χ2v) is 3.70. The van der Waals surface area contributed by atoms with Crippen molar-refractivity contribution < 1.29 is 13.6 Å². The first kappa shape index (κ1) is 11.5. The molecule has 0 aliphatic heterocycles. The molecule has 0 aliphatic rings. The number of nitrogen functional groups attached to an aromatic ring is 1. The Bertz CT molecular complexity index is 548. The van der Waals surface area contributed by atoms with E-state index in [1.165, 1.54) is 18.2 Å². The summed E-state index contributed by atoms with van der Waals surface area (Å²) in [5, 5.41) is 2.55. The molecule has 2 rings (SSSR count). The zero-order valence-corrected chi connectivity index (χ0v) is 9.29. The van der Waals surface area contributed by atoms with Crippen molar-refractivity contribution in [2.24, 2.45) is 0 Å². The lowest BCUT2D eigenvalue weighted by atomic mass is 10.2. The molecule has 88 valence electrons. The Morgan fingerprint density at radius 2 is 2.12 bits per heavy atom. The Balaban J connectivity index is 2.18. The molecule has 17 heavy (non-hydrogen) atoms. The maximum Gasteiger partial charge on any atom is 0.291 e. The summed E-state index contributed by atoms with van der Waals surface area (Å²) in [6.07, 6.45) is 0. The van der Waals surface area contributed by atoms with Gasteiger partial charge in [0.1, 0.15) is 5.82 Å². The van der Waals surface area contributed by atoms with Crippen LogP contribution < -0.4 is 11.1 Å². The minimum Gasteiger partial charge on any atom is -0.440 e. The number of nitrogens with two attached hydrogens (primary N) is 1.